The molecule has 0 spiro atoms. The van der Waals surface area contributed by atoms with Crippen LogP contribution >= 0.6 is 0 Å². The van der Waals surface area contributed by atoms with Gasteiger partial charge in [-0.1, -0.05) is 78.7 Å². The van der Waals surface area contributed by atoms with Gasteiger partial charge in [-0.2, -0.15) is 0 Å². The lowest BCUT2D eigenvalue weighted by atomic mass is 9.36. The van der Waals surface area contributed by atoms with Crippen LogP contribution in [0.2, 0.25) is 0 Å². The van der Waals surface area contributed by atoms with E-state index in [1.807, 2.05) is 0 Å². The lowest BCUT2D eigenvalue weighted by molar-refractivity contribution is -0.148. The summed E-state index contributed by atoms with van der Waals surface area (Å²) in [6.07, 6.45) is 15.4. The lowest BCUT2D eigenvalue weighted by Gasteiger charge is -2.68. The molecule has 1 heteroatoms. The summed E-state index contributed by atoms with van der Waals surface area (Å²) in [6, 6.07) is 0. The van der Waals surface area contributed by atoms with E-state index in [1.54, 1.807) is 5.57 Å². The topological polar surface area (TPSA) is 20.2 Å². The van der Waals surface area contributed by atoms with Crippen molar-refractivity contribution >= 4 is 0 Å². The molecular formula is C30H48O. The summed E-state index contributed by atoms with van der Waals surface area (Å²) < 4.78 is 0. The van der Waals surface area contributed by atoms with E-state index in [2.05, 4.69) is 67.5 Å². The summed E-state index contributed by atoms with van der Waals surface area (Å²) in [4.78, 5) is 0. The van der Waals surface area contributed by atoms with E-state index in [4.69, 9.17) is 0 Å². The third-order valence-corrected chi connectivity index (χ3v) is 12.4. The molecule has 0 aromatic rings. The molecule has 5 rings (SSSR count). The van der Waals surface area contributed by atoms with Gasteiger partial charge in [0.25, 0.3) is 0 Å². The standard InChI is InChI=1S/C30H48O/c1-19(2)20-11-14-27(5)17-18-29(7)22-9-10-23-26(3,4)24(31)13-15-28(23,6)21(22)12-16-30(29,8)25(20)27/h10,12,19-20,22,24-25,31H,9,11,13-18H2,1-8H3/t20-,22+,24-,25-,27-,28+,29-,30+/m0/s1. The highest BCUT2D eigenvalue weighted by Gasteiger charge is 2.67. The summed E-state index contributed by atoms with van der Waals surface area (Å²) in [5, 5.41) is 10.8. The minimum Gasteiger partial charge on any atom is -0.392 e. The van der Waals surface area contributed by atoms with Crippen molar-refractivity contribution in [2.24, 2.45) is 50.7 Å². The molecule has 3 saturated carbocycles. The molecule has 0 bridgehead atoms. The number of aliphatic hydroxyl groups excluding tert-OH is 1. The van der Waals surface area contributed by atoms with Crippen LogP contribution in [0.4, 0.5) is 0 Å². The van der Waals surface area contributed by atoms with E-state index in [0.29, 0.717) is 22.2 Å². The molecule has 8 atom stereocenters. The first-order valence-electron chi connectivity index (χ1n) is 13.4. The quantitative estimate of drug-likeness (QED) is 0.423. The molecule has 0 aliphatic heterocycles. The molecule has 0 aromatic carbocycles. The van der Waals surface area contributed by atoms with E-state index in [9.17, 15) is 5.11 Å². The van der Waals surface area contributed by atoms with Crippen molar-refractivity contribution in [2.75, 3.05) is 0 Å². The Balaban J connectivity index is 1.61. The van der Waals surface area contributed by atoms with Crippen molar-refractivity contribution in [1.29, 1.82) is 0 Å². The van der Waals surface area contributed by atoms with Crippen LogP contribution in [0.1, 0.15) is 107 Å². The average molecular weight is 425 g/mol. The zero-order chi connectivity index (χ0) is 22.6. The number of rotatable bonds is 1. The molecule has 0 aromatic heterocycles. The second kappa shape index (κ2) is 6.52. The highest BCUT2D eigenvalue weighted by atomic mass is 16.3. The molecule has 0 heterocycles. The Morgan fingerprint density at radius 3 is 2.26 bits per heavy atom. The Labute approximate surface area is 192 Å². The van der Waals surface area contributed by atoms with Gasteiger partial charge < -0.3 is 5.11 Å². The van der Waals surface area contributed by atoms with Gasteiger partial charge in [0.05, 0.1) is 6.10 Å². The third-order valence-electron chi connectivity index (χ3n) is 12.4. The maximum absolute atomic E-state index is 10.8. The number of fused-ring (bicyclic) bond motifs is 7. The van der Waals surface area contributed by atoms with Crippen LogP contribution in [0.3, 0.4) is 0 Å². The van der Waals surface area contributed by atoms with Crippen LogP contribution < -0.4 is 0 Å². The van der Waals surface area contributed by atoms with Crippen LogP contribution in [0.5, 0.6) is 0 Å². The molecule has 31 heavy (non-hydrogen) atoms. The predicted molar refractivity (Wildman–Crippen MR) is 131 cm³/mol. The van der Waals surface area contributed by atoms with Gasteiger partial charge in [-0.15, -0.1) is 0 Å². The van der Waals surface area contributed by atoms with Crippen LogP contribution in [-0.2, 0) is 0 Å². The summed E-state index contributed by atoms with van der Waals surface area (Å²) >= 11 is 0. The Morgan fingerprint density at radius 2 is 1.58 bits per heavy atom. The predicted octanol–water partition coefficient (Wildman–Crippen LogP) is 7.94. The normalized spacial score (nSPS) is 53.1. The smallest absolute Gasteiger partial charge is 0.0629 e. The van der Waals surface area contributed by atoms with E-state index in [1.165, 1.54) is 44.1 Å². The average Bonchev–Trinajstić information content (AvgIpc) is 3.06. The number of allylic oxidation sites excluding steroid dienone is 3. The summed E-state index contributed by atoms with van der Waals surface area (Å²) in [5.41, 5.74) is 4.70. The molecule has 1 N–H and O–H groups in total. The first kappa shape index (κ1) is 22.2. The van der Waals surface area contributed by atoms with Gasteiger partial charge in [-0.05, 0) is 91.3 Å². The van der Waals surface area contributed by atoms with Crippen molar-refractivity contribution in [1.82, 2.24) is 0 Å². The van der Waals surface area contributed by atoms with E-state index in [0.717, 1.165) is 30.6 Å². The van der Waals surface area contributed by atoms with Crippen LogP contribution in [0, 0.1) is 50.7 Å². The van der Waals surface area contributed by atoms with Crippen molar-refractivity contribution in [3.63, 3.8) is 0 Å². The molecule has 174 valence electrons. The summed E-state index contributed by atoms with van der Waals surface area (Å²) in [5.74, 6) is 3.23. The number of hydrogen-bond donors (Lipinski definition) is 1. The highest BCUT2D eigenvalue weighted by Crippen LogP contribution is 2.75. The minimum atomic E-state index is -0.200. The second-order valence-corrected chi connectivity index (χ2v) is 14.3. The summed E-state index contributed by atoms with van der Waals surface area (Å²) in [7, 11) is 0. The van der Waals surface area contributed by atoms with E-state index < -0.39 is 0 Å². The molecule has 0 saturated heterocycles. The van der Waals surface area contributed by atoms with Crippen molar-refractivity contribution in [3.05, 3.63) is 23.3 Å². The van der Waals surface area contributed by atoms with Crippen LogP contribution in [-0.4, -0.2) is 11.2 Å². The molecule has 0 radical (unpaired) electrons. The van der Waals surface area contributed by atoms with Gasteiger partial charge in [0.1, 0.15) is 0 Å². The molecule has 0 amide bonds. The molecule has 3 fully saturated rings. The molecular weight excluding hydrogens is 376 g/mol. The zero-order valence-corrected chi connectivity index (χ0v) is 21.6. The number of aliphatic hydroxyl groups is 1. The SMILES string of the molecule is CC(C)[C@@H]1CC[C@@]2(C)CC[C@@]3(C)[C@@H]4CC=C5C(C)(C)[C@@H](O)CC[C@]5(C)C4=CC[C@]3(C)[C@@H]12. The third kappa shape index (κ3) is 2.59. The number of hydrogen-bond acceptors (Lipinski definition) is 1. The second-order valence-electron chi connectivity index (χ2n) is 14.3. The van der Waals surface area contributed by atoms with Crippen molar-refractivity contribution < 1.29 is 5.11 Å². The van der Waals surface area contributed by atoms with E-state index in [-0.39, 0.29) is 16.9 Å². The van der Waals surface area contributed by atoms with Crippen molar-refractivity contribution in [3.8, 4) is 0 Å². The van der Waals surface area contributed by atoms with Crippen LogP contribution in [0.25, 0.3) is 0 Å². The monoisotopic (exact) mass is 424 g/mol. The zero-order valence-electron chi connectivity index (χ0n) is 21.6. The first-order chi connectivity index (χ1) is 14.3. The van der Waals surface area contributed by atoms with Gasteiger partial charge in [0.2, 0.25) is 0 Å². The fourth-order valence-electron chi connectivity index (χ4n) is 10.3. The minimum absolute atomic E-state index is 0.0974. The van der Waals surface area contributed by atoms with Crippen molar-refractivity contribution in [2.45, 2.75) is 113 Å². The Bertz CT molecular complexity index is 831. The fraction of sp³-hybridized carbons (Fsp3) is 0.867. The van der Waals surface area contributed by atoms with Crippen LogP contribution in [0.15, 0.2) is 23.3 Å². The largest absolute Gasteiger partial charge is 0.392 e. The molecule has 5 aliphatic rings. The molecule has 5 aliphatic carbocycles. The van der Waals surface area contributed by atoms with Gasteiger partial charge in [0.15, 0.2) is 0 Å². The van der Waals surface area contributed by atoms with E-state index >= 15 is 0 Å². The molecule has 1 nitrogen and oxygen atoms in total. The molecule has 0 unspecified atom stereocenters. The van der Waals surface area contributed by atoms with Gasteiger partial charge in [-0.25, -0.2) is 0 Å². The maximum atomic E-state index is 10.8. The maximum Gasteiger partial charge on any atom is 0.0629 e. The Hall–Kier alpha value is -0.560. The Kier molecular flexibility index (Phi) is 4.68. The lowest BCUT2D eigenvalue weighted by Crippen LogP contribution is -2.60. The summed E-state index contributed by atoms with van der Waals surface area (Å²) in [6.45, 7) is 20.1. The highest BCUT2D eigenvalue weighted by molar-refractivity contribution is 5.43. The van der Waals surface area contributed by atoms with Gasteiger partial charge in [0, 0.05) is 10.8 Å². The first-order valence-corrected chi connectivity index (χ1v) is 13.4. The van der Waals surface area contributed by atoms with Gasteiger partial charge in [-0.3, -0.25) is 0 Å². The Morgan fingerprint density at radius 1 is 0.871 bits per heavy atom. The van der Waals surface area contributed by atoms with Gasteiger partial charge >= 0.3 is 0 Å². The fourth-order valence-corrected chi connectivity index (χ4v) is 10.3.